The summed E-state index contributed by atoms with van der Waals surface area (Å²) in [6.07, 6.45) is 0.421. The summed E-state index contributed by atoms with van der Waals surface area (Å²) in [5, 5.41) is 8.48. The van der Waals surface area contributed by atoms with Crippen LogP contribution in [0.3, 0.4) is 0 Å². The maximum absolute atomic E-state index is 12.6. The van der Waals surface area contributed by atoms with Gasteiger partial charge in [0.25, 0.3) is 5.91 Å². The van der Waals surface area contributed by atoms with Crippen molar-refractivity contribution in [3.05, 3.63) is 30.1 Å². The van der Waals surface area contributed by atoms with Crippen LogP contribution in [0.1, 0.15) is 12.8 Å². The third-order valence-electron chi connectivity index (χ3n) is 2.49. The summed E-state index contributed by atoms with van der Waals surface area (Å²) in [4.78, 5) is 23.4. The monoisotopic (exact) mass is 269 g/mol. The van der Waals surface area contributed by atoms with Gasteiger partial charge in [0.05, 0.1) is 0 Å². The molecule has 0 unspecified atom stereocenters. The van der Waals surface area contributed by atoms with Crippen LogP contribution < -0.4 is 4.74 Å². The van der Waals surface area contributed by atoms with E-state index >= 15 is 0 Å². The lowest BCUT2D eigenvalue weighted by Crippen LogP contribution is -2.32. The van der Waals surface area contributed by atoms with Crippen molar-refractivity contribution in [2.24, 2.45) is 0 Å². The molecule has 0 aliphatic heterocycles. The lowest BCUT2D eigenvalue weighted by molar-refractivity contribution is -0.138. The van der Waals surface area contributed by atoms with E-state index in [4.69, 9.17) is 9.84 Å². The molecule has 104 valence electrons. The van der Waals surface area contributed by atoms with Crippen molar-refractivity contribution in [1.29, 1.82) is 0 Å². The van der Waals surface area contributed by atoms with Crippen molar-refractivity contribution in [3.63, 3.8) is 0 Å². The second kappa shape index (κ2) is 7.35. The second-order valence-corrected chi connectivity index (χ2v) is 4.06. The molecule has 0 bridgehead atoms. The molecule has 0 aliphatic carbocycles. The normalized spacial score (nSPS) is 10.0. The van der Waals surface area contributed by atoms with Gasteiger partial charge in [0.2, 0.25) is 0 Å². The minimum atomic E-state index is -0.886. The van der Waals surface area contributed by atoms with Gasteiger partial charge in [-0.3, -0.25) is 9.59 Å². The molecule has 0 saturated carbocycles. The van der Waals surface area contributed by atoms with E-state index in [-0.39, 0.29) is 24.8 Å². The van der Waals surface area contributed by atoms with E-state index in [2.05, 4.69) is 0 Å². The highest BCUT2D eigenvalue weighted by molar-refractivity contribution is 5.77. The Balaban J connectivity index is 2.30. The molecule has 1 aromatic rings. The first-order chi connectivity index (χ1) is 8.99. The zero-order valence-corrected chi connectivity index (χ0v) is 10.6. The van der Waals surface area contributed by atoms with Crippen LogP contribution in [0.2, 0.25) is 0 Å². The molecule has 5 nitrogen and oxygen atoms in total. The first-order valence-corrected chi connectivity index (χ1v) is 5.83. The molecule has 1 N–H and O–H groups in total. The van der Waals surface area contributed by atoms with Gasteiger partial charge >= 0.3 is 5.97 Å². The summed E-state index contributed by atoms with van der Waals surface area (Å²) in [6.45, 7) is 0.202. The van der Waals surface area contributed by atoms with Crippen LogP contribution >= 0.6 is 0 Å². The number of amides is 1. The Hall–Kier alpha value is -2.11. The molecule has 0 atom stereocenters. The Kier molecular flexibility index (Phi) is 5.78. The van der Waals surface area contributed by atoms with Crippen LogP contribution in [0.4, 0.5) is 4.39 Å². The van der Waals surface area contributed by atoms with Crippen LogP contribution in [0.5, 0.6) is 5.75 Å². The van der Waals surface area contributed by atoms with E-state index in [0.29, 0.717) is 18.7 Å². The number of carbonyl (C=O) groups is 2. The predicted molar refractivity (Wildman–Crippen MR) is 66.4 cm³/mol. The Morgan fingerprint density at radius 3 is 2.53 bits per heavy atom. The van der Waals surface area contributed by atoms with Gasteiger partial charge < -0.3 is 14.7 Å². The van der Waals surface area contributed by atoms with Gasteiger partial charge in [-0.05, 0) is 30.7 Å². The quantitative estimate of drug-likeness (QED) is 0.815. The largest absolute Gasteiger partial charge is 0.484 e. The molecule has 0 saturated heterocycles. The van der Waals surface area contributed by atoms with E-state index in [1.807, 2.05) is 0 Å². The van der Waals surface area contributed by atoms with Crippen LogP contribution in [0.25, 0.3) is 0 Å². The molecule has 0 aliphatic rings. The number of hydrogen-bond donors (Lipinski definition) is 1. The highest BCUT2D eigenvalue weighted by Gasteiger charge is 2.10. The van der Waals surface area contributed by atoms with Gasteiger partial charge in [0, 0.05) is 20.0 Å². The molecule has 19 heavy (non-hydrogen) atoms. The fraction of sp³-hybridized carbons (Fsp3) is 0.385. The smallest absolute Gasteiger partial charge is 0.303 e. The van der Waals surface area contributed by atoms with Gasteiger partial charge in [-0.15, -0.1) is 0 Å². The molecule has 1 aromatic carbocycles. The summed E-state index contributed by atoms with van der Waals surface area (Å²) in [5.41, 5.74) is 0. The van der Waals surface area contributed by atoms with E-state index in [0.717, 1.165) is 0 Å². The molecular weight excluding hydrogens is 253 g/mol. The molecule has 0 aromatic heterocycles. The highest BCUT2D eigenvalue weighted by atomic mass is 19.1. The molecule has 1 amide bonds. The number of carbonyl (C=O) groups excluding carboxylic acids is 1. The number of carboxylic acid groups (broad SMARTS) is 1. The Morgan fingerprint density at radius 2 is 1.95 bits per heavy atom. The minimum absolute atomic E-state index is 0.0242. The van der Waals surface area contributed by atoms with E-state index in [1.54, 1.807) is 7.05 Å². The van der Waals surface area contributed by atoms with Gasteiger partial charge in [0.15, 0.2) is 6.61 Å². The Morgan fingerprint density at radius 1 is 1.32 bits per heavy atom. The zero-order valence-electron chi connectivity index (χ0n) is 10.6. The average Bonchev–Trinajstić information content (AvgIpc) is 2.37. The number of rotatable bonds is 7. The van der Waals surface area contributed by atoms with Gasteiger partial charge in [-0.2, -0.15) is 0 Å². The van der Waals surface area contributed by atoms with Crippen LogP contribution in [0.15, 0.2) is 24.3 Å². The van der Waals surface area contributed by atoms with Crippen LogP contribution in [-0.2, 0) is 9.59 Å². The predicted octanol–water partition coefficient (Wildman–Crippen LogP) is 1.53. The van der Waals surface area contributed by atoms with E-state index in [1.165, 1.54) is 29.2 Å². The third kappa shape index (κ3) is 5.85. The number of ether oxygens (including phenoxy) is 1. The topological polar surface area (TPSA) is 66.8 Å². The second-order valence-electron chi connectivity index (χ2n) is 4.06. The maximum Gasteiger partial charge on any atom is 0.303 e. The minimum Gasteiger partial charge on any atom is -0.484 e. The van der Waals surface area contributed by atoms with Crippen LogP contribution in [0, 0.1) is 5.82 Å². The molecule has 1 rings (SSSR count). The Labute approximate surface area is 110 Å². The maximum atomic E-state index is 12.6. The third-order valence-corrected chi connectivity index (χ3v) is 2.49. The number of halogens is 1. The summed E-state index contributed by atoms with van der Waals surface area (Å²) in [6, 6.07) is 5.37. The van der Waals surface area contributed by atoms with Crippen molar-refractivity contribution in [2.45, 2.75) is 12.8 Å². The lowest BCUT2D eigenvalue weighted by Gasteiger charge is -2.16. The number of nitrogens with zero attached hydrogens (tertiary/aromatic N) is 1. The van der Waals surface area contributed by atoms with E-state index < -0.39 is 5.97 Å². The first kappa shape index (κ1) is 14.9. The lowest BCUT2D eigenvalue weighted by atomic mass is 10.3. The van der Waals surface area contributed by atoms with Crippen molar-refractivity contribution in [3.8, 4) is 5.75 Å². The molecule has 6 heteroatoms. The molecule has 0 fully saturated rings. The van der Waals surface area contributed by atoms with Crippen molar-refractivity contribution < 1.29 is 23.8 Å². The molecule has 0 radical (unpaired) electrons. The Bertz CT molecular complexity index is 433. The van der Waals surface area contributed by atoms with Gasteiger partial charge in [-0.25, -0.2) is 4.39 Å². The molecular formula is C13H16FNO4. The number of carboxylic acids is 1. The highest BCUT2D eigenvalue weighted by Crippen LogP contribution is 2.11. The number of aliphatic carboxylic acids is 1. The van der Waals surface area contributed by atoms with Gasteiger partial charge in [0.1, 0.15) is 11.6 Å². The first-order valence-electron chi connectivity index (χ1n) is 5.83. The number of likely N-dealkylation sites (N-methyl/N-ethyl adjacent to an activating group) is 1. The van der Waals surface area contributed by atoms with Crippen molar-refractivity contribution in [1.82, 2.24) is 4.90 Å². The van der Waals surface area contributed by atoms with Crippen molar-refractivity contribution >= 4 is 11.9 Å². The summed E-state index contributed by atoms with van der Waals surface area (Å²) in [5.74, 6) is -1.10. The van der Waals surface area contributed by atoms with Crippen molar-refractivity contribution in [2.75, 3.05) is 20.2 Å². The number of benzene rings is 1. The average molecular weight is 269 g/mol. The van der Waals surface area contributed by atoms with E-state index in [9.17, 15) is 14.0 Å². The van der Waals surface area contributed by atoms with Crippen LogP contribution in [-0.4, -0.2) is 42.1 Å². The molecule has 0 spiro atoms. The zero-order chi connectivity index (χ0) is 14.3. The summed E-state index contributed by atoms with van der Waals surface area (Å²) in [7, 11) is 1.58. The molecule has 0 heterocycles. The fourth-order valence-corrected chi connectivity index (χ4v) is 1.38. The number of hydrogen-bond acceptors (Lipinski definition) is 3. The fourth-order valence-electron chi connectivity index (χ4n) is 1.38. The summed E-state index contributed by atoms with van der Waals surface area (Å²) >= 11 is 0. The van der Waals surface area contributed by atoms with Gasteiger partial charge in [-0.1, -0.05) is 0 Å². The summed E-state index contributed by atoms with van der Waals surface area (Å²) < 4.78 is 17.8. The standard InChI is InChI=1S/C13H16FNO4/c1-15(8-2-3-13(17)18)12(16)9-19-11-6-4-10(14)5-7-11/h4-7H,2-3,8-9H2,1H3,(H,17,18). The SMILES string of the molecule is CN(CCCC(=O)O)C(=O)COc1ccc(F)cc1.